The first-order valence-corrected chi connectivity index (χ1v) is 8.01. The smallest absolute Gasteiger partial charge is 0.161 e. The van der Waals surface area contributed by atoms with E-state index in [0.717, 1.165) is 43.0 Å². The molecule has 7 heteroatoms. The first-order chi connectivity index (χ1) is 11.1. The number of aromatic nitrogens is 4. The third-order valence-corrected chi connectivity index (χ3v) is 4.91. The van der Waals surface area contributed by atoms with E-state index in [9.17, 15) is 4.79 Å². The van der Waals surface area contributed by atoms with E-state index in [0.29, 0.717) is 6.61 Å². The van der Waals surface area contributed by atoms with Gasteiger partial charge in [0.15, 0.2) is 5.78 Å². The maximum Gasteiger partial charge on any atom is 0.161 e. The van der Waals surface area contributed by atoms with Crippen molar-refractivity contribution in [3.8, 4) is 0 Å². The number of Topliss-reactive ketones (excluding diaryl/α,β-unsaturated/α-hetero) is 1. The molecule has 0 aromatic carbocycles. The summed E-state index contributed by atoms with van der Waals surface area (Å²) >= 11 is 0. The minimum atomic E-state index is 0.110. The van der Waals surface area contributed by atoms with Crippen molar-refractivity contribution in [3.05, 3.63) is 35.4 Å². The Balaban J connectivity index is 1.51. The number of fused-ring (bicyclic) bond motifs is 3. The third-order valence-electron chi connectivity index (χ3n) is 4.91. The van der Waals surface area contributed by atoms with E-state index in [1.54, 1.807) is 13.1 Å². The second-order valence-electron chi connectivity index (χ2n) is 6.50. The zero-order chi connectivity index (χ0) is 16.0. The molecule has 2 aliphatic rings. The maximum absolute atomic E-state index is 11.5. The van der Waals surface area contributed by atoms with E-state index in [2.05, 4.69) is 15.2 Å². The van der Waals surface area contributed by atoms with Gasteiger partial charge in [0.2, 0.25) is 0 Å². The van der Waals surface area contributed by atoms with Crippen molar-refractivity contribution < 1.29 is 9.53 Å². The second-order valence-corrected chi connectivity index (χ2v) is 6.50. The van der Waals surface area contributed by atoms with Crippen LogP contribution in [-0.2, 0) is 24.9 Å². The Labute approximate surface area is 134 Å². The molecule has 0 aliphatic carbocycles. The Morgan fingerprint density at radius 1 is 1.48 bits per heavy atom. The summed E-state index contributed by atoms with van der Waals surface area (Å²) in [5, 5.41) is 8.25. The average molecular weight is 315 g/mol. The first kappa shape index (κ1) is 14.6. The standard InChI is InChI=1S/C16H21N5O2/c1-11(22)12-5-13(19(2)7-12)8-20-4-3-16-15(9-20)21-14(10-23-16)6-17-18-21/h5-7,15-16H,3-4,8-10H2,1-2H3/t15-,16+/m0/s1. The highest BCUT2D eigenvalue weighted by Crippen LogP contribution is 2.30. The van der Waals surface area contributed by atoms with Crippen LogP contribution in [0.3, 0.4) is 0 Å². The van der Waals surface area contributed by atoms with Gasteiger partial charge in [0.1, 0.15) is 0 Å². The van der Waals surface area contributed by atoms with E-state index in [4.69, 9.17) is 4.74 Å². The normalized spacial score (nSPS) is 24.3. The van der Waals surface area contributed by atoms with E-state index in [-0.39, 0.29) is 17.9 Å². The van der Waals surface area contributed by atoms with Gasteiger partial charge in [0.05, 0.1) is 30.6 Å². The highest BCUT2D eigenvalue weighted by atomic mass is 16.5. The molecule has 1 fully saturated rings. The quantitative estimate of drug-likeness (QED) is 0.796. The van der Waals surface area contributed by atoms with E-state index in [1.807, 2.05) is 28.6 Å². The molecule has 0 amide bonds. The van der Waals surface area contributed by atoms with Crippen molar-refractivity contribution in [2.45, 2.75) is 38.6 Å². The lowest BCUT2D eigenvalue weighted by Crippen LogP contribution is -2.47. The number of aryl methyl sites for hydroxylation is 1. The van der Waals surface area contributed by atoms with E-state index < -0.39 is 0 Å². The Bertz CT molecular complexity index is 735. The lowest BCUT2D eigenvalue weighted by molar-refractivity contribution is -0.0672. The van der Waals surface area contributed by atoms with Crippen LogP contribution in [0.1, 0.15) is 41.1 Å². The third kappa shape index (κ3) is 2.60. The summed E-state index contributed by atoms with van der Waals surface area (Å²) in [6.45, 7) is 4.93. The van der Waals surface area contributed by atoms with Gasteiger partial charge in [-0.15, -0.1) is 5.10 Å². The fourth-order valence-corrected chi connectivity index (χ4v) is 3.58. The van der Waals surface area contributed by atoms with Crippen LogP contribution in [0.2, 0.25) is 0 Å². The zero-order valence-corrected chi connectivity index (χ0v) is 13.5. The number of ketones is 1. The molecule has 0 bridgehead atoms. The van der Waals surface area contributed by atoms with Crippen LogP contribution in [0.5, 0.6) is 0 Å². The van der Waals surface area contributed by atoms with Crippen molar-refractivity contribution in [3.63, 3.8) is 0 Å². The summed E-state index contributed by atoms with van der Waals surface area (Å²) < 4.78 is 10.0. The molecular formula is C16H21N5O2. The van der Waals surface area contributed by atoms with Crippen molar-refractivity contribution in [1.29, 1.82) is 0 Å². The van der Waals surface area contributed by atoms with Crippen LogP contribution in [0.25, 0.3) is 0 Å². The number of nitrogens with zero attached hydrogens (tertiary/aromatic N) is 5. The van der Waals surface area contributed by atoms with Gasteiger partial charge in [0, 0.05) is 44.1 Å². The largest absolute Gasteiger partial charge is 0.370 e. The number of carbonyl (C=O) groups is 1. The average Bonchev–Trinajstić information content (AvgIpc) is 3.14. The van der Waals surface area contributed by atoms with Crippen molar-refractivity contribution in [1.82, 2.24) is 24.5 Å². The van der Waals surface area contributed by atoms with Gasteiger partial charge in [-0.25, -0.2) is 4.68 Å². The molecule has 2 aliphatic heterocycles. The number of hydrogen-bond donors (Lipinski definition) is 0. The minimum Gasteiger partial charge on any atom is -0.370 e. The molecule has 2 aromatic rings. The fourth-order valence-electron chi connectivity index (χ4n) is 3.58. The summed E-state index contributed by atoms with van der Waals surface area (Å²) in [7, 11) is 1.99. The molecule has 0 N–H and O–H groups in total. The molecule has 2 aromatic heterocycles. The number of likely N-dealkylation sites (tertiary alicyclic amines) is 1. The molecule has 0 spiro atoms. The molecular weight excluding hydrogens is 294 g/mol. The molecule has 23 heavy (non-hydrogen) atoms. The second kappa shape index (κ2) is 5.58. The van der Waals surface area contributed by atoms with Gasteiger partial charge in [-0.05, 0) is 19.4 Å². The molecule has 0 saturated carbocycles. The number of carbonyl (C=O) groups excluding carboxylic acids is 1. The summed E-state index contributed by atoms with van der Waals surface area (Å²) in [6, 6.07) is 2.22. The highest BCUT2D eigenvalue weighted by Gasteiger charge is 2.36. The maximum atomic E-state index is 11.5. The number of ether oxygens (including phenoxy) is 1. The van der Waals surface area contributed by atoms with Crippen LogP contribution in [0, 0.1) is 0 Å². The van der Waals surface area contributed by atoms with Gasteiger partial charge in [-0.2, -0.15) is 0 Å². The number of piperidine rings is 1. The van der Waals surface area contributed by atoms with Gasteiger partial charge in [-0.3, -0.25) is 9.69 Å². The molecule has 0 unspecified atom stereocenters. The van der Waals surface area contributed by atoms with Crippen molar-refractivity contribution >= 4 is 5.78 Å². The van der Waals surface area contributed by atoms with E-state index >= 15 is 0 Å². The molecule has 0 radical (unpaired) electrons. The predicted molar refractivity (Wildman–Crippen MR) is 82.9 cm³/mol. The van der Waals surface area contributed by atoms with Gasteiger partial charge in [-0.1, -0.05) is 5.21 Å². The molecule has 4 heterocycles. The lowest BCUT2D eigenvalue weighted by Gasteiger charge is -2.41. The van der Waals surface area contributed by atoms with Crippen LogP contribution in [-0.4, -0.2) is 49.4 Å². The van der Waals surface area contributed by atoms with Crippen LogP contribution in [0.4, 0.5) is 0 Å². The van der Waals surface area contributed by atoms with E-state index in [1.165, 1.54) is 0 Å². The van der Waals surface area contributed by atoms with Gasteiger partial charge >= 0.3 is 0 Å². The van der Waals surface area contributed by atoms with Gasteiger partial charge in [0.25, 0.3) is 0 Å². The number of rotatable bonds is 3. The monoisotopic (exact) mass is 315 g/mol. The summed E-state index contributed by atoms with van der Waals surface area (Å²) in [4.78, 5) is 13.9. The Morgan fingerprint density at radius 3 is 3.13 bits per heavy atom. The molecule has 1 saturated heterocycles. The predicted octanol–water partition coefficient (Wildman–Crippen LogP) is 1.16. The summed E-state index contributed by atoms with van der Waals surface area (Å²) in [5.74, 6) is 0.110. The summed E-state index contributed by atoms with van der Waals surface area (Å²) in [5.41, 5.74) is 2.98. The lowest BCUT2D eigenvalue weighted by atomic mass is 10.0. The van der Waals surface area contributed by atoms with Crippen LogP contribution >= 0.6 is 0 Å². The van der Waals surface area contributed by atoms with Crippen molar-refractivity contribution in [2.24, 2.45) is 7.05 Å². The highest BCUT2D eigenvalue weighted by molar-refractivity contribution is 5.94. The summed E-state index contributed by atoms with van der Waals surface area (Å²) in [6.07, 6.45) is 4.91. The Kier molecular flexibility index (Phi) is 3.54. The topological polar surface area (TPSA) is 65.2 Å². The zero-order valence-electron chi connectivity index (χ0n) is 13.5. The SMILES string of the molecule is CC(=O)c1cc(CN2CC[C@H]3OCc4cnnn4[C@H]3C2)n(C)c1. The first-order valence-electron chi connectivity index (χ1n) is 8.01. The van der Waals surface area contributed by atoms with Crippen LogP contribution < -0.4 is 0 Å². The van der Waals surface area contributed by atoms with Crippen LogP contribution in [0.15, 0.2) is 18.5 Å². The fraction of sp³-hybridized carbons (Fsp3) is 0.562. The molecule has 4 rings (SSSR count). The minimum absolute atomic E-state index is 0.110. The molecule has 7 nitrogen and oxygen atoms in total. The molecule has 2 atom stereocenters. The van der Waals surface area contributed by atoms with Crippen molar-refractivity contribution in [2.75, 3.05) is 13.1 Å². The Morgan fingerprint density at radius 2 is 2.35 bits per heavy atom. The number of hydrogen-bond acceptors (Lipinski definition) is 5. The van der Waals surface area contributed by atoms with Gasteiger partial charge < -0.3 is 9.30 Å². The molecule has 122 valence electrons. The Hall–Kier alpha value is -1.99.